The van der Waals surface area contributed by atoms with Gasteiger partial charge in [0.05, 0.1) is 9.73 Å². The van der Waals surface area contributed by atoms with Crippen molar-refractivity contribution >= 4 is 22.1 Å². The van der Waals surface area contributed by atoms with Gasteiger partial charge in [0, 0.05) is 10.6 Å². The van der Waals surface area contributed by atoms with Gasteiger partial charge in [-0.2, -0.15) is 0 Å². The molecule has 1 rings (SSSR count). The Bertz CT molecular complexity index is 320. The van der Waals surface area contributed by atoms with Gasteiger partial charge in [0.2, 0.25) is 0 Å². The summed E-state index contributed by atoms with van der Waals surface area (Å²) in [6, 6.07) is 8.94. The molecule has 0 saturated heterocycles. The summed E-state index contributed by atoms with van der Waals surface area (Å²) in [5.41, 5.74) is 0. The van der Waals surface area contributed by atoms with Crippen LogP contribution in [0.1, 0.15) is 6.92 Å². The molecular formula is C8H12ClNOS. The van der Waals surface area contributed by atoms with Crippen LogP contribution in [0.15, 0.2) is 35.2 Å². The largest absolute Gasteiger partial charge is 0.249 e. The summed E-state index contributed by atoms with van der Waals surface area (Å²) in [7, 11) is -2.50. The third-order valence-electron chi connectivity index (χ3n) is 1.53. The molecule has 1 aromatic carbocycles. The predicted octanol–water partition coefficient (Wildman–Crippen LogP) is 2.53. The maximum atomic E-state index is 11.4. The number of hydrogen-bond donors (Lipinski definition) is 1. The highest BCUT2D eigenvalue weighted by Gasteiger charge is 2.04. The van der Waals surface area contributed by atoms with Crippen LogP contribution in [0.2, 0.25) is 0 Å². The Hall–Kier alpha value is -0.540. The van der Waals surface area contributed by atoms with Crippen LogP contribution >= 0.6 is 12.4 Å². The van der Waals surface area contributed by atoms with Crippen LogP contribution in [0.3, 0.4) is 0 Å². The predicted molar refractivity (Wildman–Crippen MR) is 53.4 cm³/mol. The van der Waals surface area contributed by atoms with Crippen molar-refractivity contribution in [1.29, 1.82) is 4.78 Å². The van der Waals surface area contributed by atoms with Crippen molar-refractivity contribution in [3.05, 3.63) is 30.3 Å². The van der Waals surface area contributed by atoms with Crippen molar-refractivity contribution in [3.63, 3.8) is 0 Å². The summed E-state index contributed by atoms with van der Waals surface area (Å²) in [6.07, 6.45) is 0. The molecule has 0 fully saturated rings. The van der Waals surface area contributed by atoms with E-state index >= 15 is 0 Å². The van der Waals surface area contributed by atoms with E-state index in [1.165, 1.54) is 0 Å². The lowest BCUT2D eigenvalue weighted by atomic mass is 10.4. The normalized spacial score (nSPS) is 14.4. The number of nitrogens with one attached hydrogen (secondary N) is 1. The Morgan fingerprint density at radius 1 is 1.33 bits per heavy atom. The lowest BCUT2D eigenvalue weighted by Gasteiger charge is -2.02. The van der Waals surface area contributed by atoms with Crippen molar-refractivity contribution in [3.8, 4) is 0 Å². The van der Waals surface area contributed by atoms with E-state index in [2.05, 4.69) is 0 Å². The van der Waals surface area contributed by atoms with Crippen LogP contribution in [-0.4, -0.2) is 9.96 Å². The average Bonchev–Trinajstić information content (AvgIpc) is 2.06. The minimum Gasteiger partial charge on any atom is -0.249 e. The highest BCUT2D eigenvalue weighted by Crippen LogP contribution is 2.09. The standard InChI is InChI=1S/C8H11NOS.ClH/c1-2-11(9,10)8-6-4-3-5-7-8;/h3-7,9H,2H2,1H3;1H. The quantitative estimate of drug-likeness (QED) is 0.792. The van der Waals surface area contributed by atoms with Crippen molar-refractivity contribution in [1.82, 2.24) is 0 Å². The number of benzene rings is 1. The molecule has 0 radical (unpaired) electrons. The maximum absolute atomic E-state index is 11.4. The fourth-order valence-electron chi connectivity index (χ4n) is 0.807. The zero-order valence-corrected chi connectivity index (χ0v) is 8.45. The van der Waals surface area contributed by atoms with Gasteiger partial charge in [-0.3, -0.25) is 0 Å². The van der Waals surface area contributed by atoms with Gasteiger partial charge in [-0.1, -0.05) is 25.1 Å². The molecule has 4 heteroatoms. The molecule has 1 N–H and O–H groups in total. The second kappa shape index (κ2) is 4.48. The van der Waals surface area contributed by atoms with E-state index in [0.717, 1.165) is 0 Å². The molecule has 1 atom stereocenters. The average molecular weight is 206 g/mol. The Balaban J connectivity index is 0.00000121. The molecule has 0 aliphatic heterocycles. The third-order valence-corrected chi connectivity index (χ3v) is 3.38. The molecule has 1 unspecified atom stereocenters. The van der Waals surface area contributed by atoms with Crippen LogP contribution in [-0.2, 0) is 9.73 Å². The summed E-state index contributed by atoms with van der Waals surface area (Å²) in [4.78, 5) is 0.627. The zero-order chi connectivity index (χ0) is 8.32. The second-order valence-corrected chi connectivity index (χ2v) is 4.68. The van der Waals surface area contributed by atoms with E-state index in [4.69, 9.17) is 4.78 Å². The fourth-order valence-corrected chi connectivity index (χ4v) is 1.74. The summed E-state index contributed by atoms with van der Waals surface area (Å²) < 4.78 is 18.9. The molecule has 0 amide bonds. The molecule has 68 valence electrons. The topological polar surface area (TPSA) is 40.9 Å². The van der Waals surface area contributed by atoms with Crippen molar-refractivity contribution in [2.45, 2.75) is 11.8 Å². The van der Waals surface area contributed by atoms with E-state index in [-0.39, 0.29) is 12.4 Å². The van der Waals surface area contributed by atoms with Gasteiger partial charge < -0.3 is 0 Å². The van der Waals surface area contributed by atoms with Crippen LogP contribution in [0.4, 0.5) is 0 Å². The number of rotatable bonds is 2. The molecular weight excluding hydrogens is 194 g/mol. The Labute approximate surface area is 79.4 Å². The minimum atomic E-state index is -2.50. The molecule has 0 saturated carbocycles. The highest BCUT2D eigenvalue weighted by molar-refractivity contribution is 7.92. The van der Waals surface area contributed by atoms with Gasteiger partial charge in [-0.05, 0) is 12.1 Å². The molecule has 0 aliphatic carbocycles. The van der Waals surface area contributed by atoms with E-state index in [1.54, 1.807) is 31.2 Å². The summed E-state index contributed by atoms with van der Waals surface area (Å²) in [6.45, 7) is 1.77. The Kier molecular flexibility index (Phi) is 4.28. The first kappa shape index (κ1) is 11.5. The SMILES string of the molecule is CCS(=N)(=O)c1ccccc1.Cl. The Morgan fingerprint density at radius 2 is 1.83 bits per heavy atom. The molecule has 0 spiro atoms. The fraction of sp³-hybridized carbons (Fsp3) is 0.250. The van der Waals surface area contributed by atoms with Crippen molar-refractivity contribution < 1.29 is 4.21 Å². The van der Waals surface area contributed by atoms with Gasteiger partial charge in [0.25, 0.3) is 0 Å². The van der Waals surface area contributed by atoms with E-state index in [9.17, 15) is 4.21 Å². The molecule has 2 nitrogen and oxygen atoms in total. The molecule has 0 heterocycles. The lowest BCUT2D eigenvalue weighted by molar-refractivity contribution is 0.675. The molecule has 0 aromatic heterocycles. The minimum absolute atomic E-state index is 0. The van der Waals surface area contributed by atoms with Gasteiger partial charge in [0.1, 0.15) is 0 Å². The number of hydrogen-bond acceptors (Lipinski definition) is 2. The first-order chi connectivity index (χ1) is 5.17. The van der Waals surface area contributed by atoms with Gasteiger partial charge in [0.15, 0.2) is 0 Å². The Morgan fingerprint density at radius 3 is 2.25 bits per heavy atom. The van der Waals surface area contributed by atoms with Gasteiger partial charge >= 0.3 is 0 Å². The smallest absolute Gasteiger partial charge is 0.0723 e. The first-order valence-electron chi connectivity index (χ1n) is 3.48. The lowest BCUT2D eigenvalue weighted by Crippen LogP contribution is -2.00. The monoisotopic (exact) mass is 205 g/mol. The second-order valence-electron chi connectivity index (χ2n) is 2.28. The molecule has 0 aliphatic rings. The van der Waals surface area contributed by atoms with E-state index in [1.807, 2.05) is 6.07 Å². The van der Waals surface area contributed by atoms with E-state index < -0.39 is 9.73 Å². The first-order valence-corrected chi connectivity index (χ1v) is 5.21. The number of halogens is 1. The summed E-state index contributed by atoms with van der Waals surface area (Å²) in [5.74, 6) is 0.386. The maximum Gasteiger partial charge on any atom is 0.0723 e. The van der Waals surface area contributed by atoms with Crippen molar-refractivity contribution in [2.75, 3.05) is 5.75 Å². The molecule has 1 aromatic rings. The zero-order valence-electron chi connectivity index (χ0n) is 6.82. The van der Waals surface area contributed by atoms with Crippen LogP contribution in [0.25, 0.3) is 0 Å². The van der Waals surface area contributed by atoms with Gasteiger partial charge in [-0.15, -0.1) is 12.4 Å². The third kappa shape index (κ3) is 2.50. The van der Waals surface area contributed by atoms with Crippen LogP contribution in [0.5, 0.6) is 0 Å². The summed E-state index contributed by atoms with van der Waals surface area (Å²) in [5, 5.41) is 0. The van der Waals surface area contributed by atoms with Gasteiger partial charge in [-0.25, -0.2) is 8.99 Å². The van der Waals surface area contributed by atoms with E-state index in [0.29, 0.717) is 10.6 Å². The van der Waals surface area contributed by atoms with Crippen LogP contribution in [0, 0.1) is 4.78 Å². The highest BCUT2D eigenvalue weighted by atomic mass is 35.5. The summed E-state index contributed by atoms with van der Waals surface area (Å²) >= 11 is 0. The molecule has 12 heavy (non-hydrogen) atoms. The van der Waals surface area contributed by atoms with Crippen molar-refractivity contribution in [2.24, 2.45) is 0 Å². The molecule has 0 bridgehead atoms. The van der Waals surface area contributed by atoms with Crippen LogP contribution < -0.4 is 0 Å².